The lowest BCUT2D eigenvalue weighted by Gasteiger charge is -2.29. The topological polar surface area (TPSA) is 62.7 Å². The van der Waals surface area contributed by atoms with Crippen LogP contribution < -0.4 is 0 Å². The first-order chi connectivity index (χ1) is 10.1. The molecule has 0 aliphatic carbocycles. The highest BCUT2D eigenvalue weighted by Crippen LogP contribution is 2.37. The second-order valence-electron chi connectivity index (χ2n) is 6.46. The van der Waals surface area contributed by atoms with Crippen molar-refractivity contribution in [3.05, 3.63) is 28.3 Å². The largest absolute Gasteiger partial charge is 0.444 e. The van der Waals surface area contributed by atoms with E-state index in [1.807, 2.05) is 0 Å². The fourth-order valence-corrected chi connectivity index (χ4v) is 2.74. The van der Waals surface area contributed by atoms with Gasteiger partial charge in [0.15, 0.2) is 5.82 Å². The van der Waals surface area contributed by atoms with Gasteiger partial charge < -0.3 is 9.84 Å². The van der Waals surface area contributed by atoms with Crippen LogP contribution in [0.25, 0.3) is 0 Å². The maximum Gasteiger partial charge on any atom is 0.410 e. The predicted molar refractivity (Wildman–Crippen MR) is 80.2 cm³/mol. The Morgan fingerprint density at radius 1 is 1.55 bits per heavy atom. The number of rotatable bonds is 1. The SMILES string of the molecule is Cc1ncc([C@@H]2C[C@@H](O)CN2C(=O)OC(C)(C)C)c(Cl)c1F. The van der Waals surface area contributed by atoms with Gasteiger partial charge in [-0.3, -0.25) is 9.88 Å². The number of likely N-dealkylation sites (tertiary alicyclic amines) is 1. The third-order valence-electron chi connectivity index (χ3n) is 3.43. The molecule has 1 saturated heterocycles. The van der Waals surface area contributed by atoms with Gasteiger partial charge in [0.1, 0.15) is 5.60 Å². The van der Waals surface area contributed by atoms with Crippen LogP contribution in [0.1, 0.15) is 44.5 Å². The van der Waals surface area contributed by atoms with Gasteiger partial charge in [-0.15, -0.1) is 0 Å². The summed E-state index contributed by atoms with van der Waals surface area (Å²) in [4.78, 5) is 17.6. The van der Waals surface area contributed by atoms with Crippen LogP contribution in [0.15, 0.2) is 6.20 Å². The summed E-state index contributed by atoms with van der Waals surface area (Å²) in [6.07, 6.45) is 0.438. The van der Waals surface area contributed by atoms with E-state index >= 15 is 0 Å². The van der Waals surface area contributed by atoms with Gasteiger partial charge >= 0.3 is 6.09 Å². The van der Waals surface area contributed by atoms with Gasteiger partial charge in [-0.2, -0.15) is 0 Å². The number of amides is 1. The number of nitrogens with zero attached hydrogens (tertiary/aromatic N) is 2. The molecule has 0 spiro atoms. The van der Waals surface area contributed by atoms with E-state index in [4.69, 9.17) is 16.3 Å². The van der Waals surface area contributed by atoms with E-state index in [1.165, 1.54) is 18.0 Å². The molecule has 1 aromatic rings. The molecule has 0 aromatic carbocycles. The minimum atomic E-state index is -0.710. The zero-order chi connectivity index (χ0) is 16.7. The zero-order valence-electron chi connectivity index (χ0n) is 13.1. The molecule has 1 fully saturated rings. The number of β-amino-alcohol motifs (C(OH)–C–C–N with tert-alkyl or cyclic N) is 1. The molecule has 0 unspecified atom stereocenters. The Kier molecular flexibility index (Phi) is 4.63. The van der Waals surface area contributed by atoms with E-state index < -0.39 is 29.7 Å². The van der Waals surface area contributed by atoms with Crippen LogP contribution in [0, 0.1) is 12.7 Å². The summed E-state index contributed by atoms with van der Waals surface area (Å²) in [5.41, 5.74) is -0.0845. The minimum Gasteiger partial charge on any atom is -0.444 e. The molecule has 0 bridgehead atoms. The molecule has 2 heterocycles. The monoisotopic (exact) mass is 330 g/mol. The Hall–Kier alpha value is -1.40. The summed E-state index contributed by atoms with van der Waals surface area (Å²) < 4.78 is 19.3. The average Bonchev–Trinajstić information content (AvgIpc) is 2.76. The quantitative estimate of drug-likeness (QED) is 0.858. The summed E-state index contributed by atoms with van der Waals surface area (Å²) in [6, 6.07) is -0.556. The molecule has 1 amide bonds. The Bertz CT molecular complexity index is 589. The summed E-state index contributed by atoms with van der Waals surface area (Å²) in [7, 11) is 0. The first kappa shape index (κ1) is 17.0. The lowest BCUT2D eigenvalue weighted by molar-refractivity contribution is 0.0206. The summed E-state index contributed by atoms with van der Waals surface area (Å²) in [5, 5.41) is 9.82. The first-order valence-corrected chi connectivity index (χ1v) is 7.46. The van der Waals surface area contributed by atoms with Gasteiger partial charge in [0, 0.05) is 11.8 Å². The third kappa shape index (κ3) is 3.50. The Balaban J connectivity index is 2.32. The lowest BCUT2D eigenvalue weighted by atomic mass is 10.1. The lowest BCUT2D eigenvalue weighted by Crippen LogP contribution is -2.37. The molecule has 0 saturated carbocycles. The van der Waals surface area contributed by atoms with Crippen LogP contribution in [0.5, 0.6) is 0 Å². The molecule has 7 heteroatoms. The van der Waals surface area contributed by atoms with Crippen LogP contribution in [0.4, 0.5) is 9.18 Å². The van der Waals surface area contributed by atoms with E-state index in [1.54, 1.807) is 20.8 Å². The third-order valence-corrected chi connectivity index (χ3v) is 3.81. The number of halogens is 2. The fraction of sp³-hybridized carbons (Fsp3) is 0.600. The Morgan fingerprint density at radius 3 is 2.77 bits per heavy atom. The Labute approximate surface area is 134 Å². The maximum atomic E-state index is 13.9. The highest BCUT2D eigenvalue weighted by molar-refractivity contribution is 6.31. The summed E-state index contributed by atoms with van der Waals surface area (Å²) >= 11 is 6.05. The van der Waals surface area contributed by atoms with Crippen LogP contribution in [-0.2, 0) is 4.74 Å². The highest BCUT2D eigenvalue weighted by Gasteiger charge is 2.39. The van der Waals surface area contributed by atoms with E-state index in [2.05, 4.69) is 4.98 Å². The van der Waals surface area contributed by atoms with Crippen molar-refractivity contribution in [1.82, 2.24) is 9.88 Å². The summed E-state index contributed by atoms with van der Waals surface area (Å²) in [6.45, 7) is 6.90. The summed E-state index contributed by atoms with van der Waals surface area (Å²) in [5.74, 6) is -0.607. The molecular formula is C15H20ClFN2O3. The number of ether oxygens (including phenoxy) is 1. The number of aliphatic hydroxyl groups excluding tert-OH is 1. The second-order valence-corrected chi connectivity index (χ2v) is 6.84. The van der Waals surface area contributed by atoms with Crippen molar-refractivity contribution in [2.24, 2.45) is 0 Å². The number of carbonyl (C=O) groups excluding carboxylic acids is 1. The van der Waals surface area contributed by atoms with Crippen LogP contribution in [0.2, 0.25) is 5.02 Å². The molecule has 22 heavy (non-hydrogen) atoms. The van der Waals surface area contributed by atoms with Crippen molar-refractivity contribution in [3.63, 3.8) is 0 Å². The standard InChI is InChI=1S/C15H20ClFN2O3/c1-8-13(17)12(16)10(6-18-8)11-5-9(20)7-19(11)14(21)22-15(2,3)4/h6,9,11,20H,5,7H2,1-4H3/t9-,11+/m1/s1. The van der Waals surface area contributed by atoms with Crippen molar-refractivity contribution < 1.29 is 19.0 Å². The molecule has 2 rings (SSSR count). The van der Waals surface area contributed by atoms with Gasteiger partial charge in [0.05, 0.1) is 29.4 Å². The van der Waals surface area contributed by atoms with Crippen molar-refractivity contribution in [2.45, 2.75) is 51.9 Å². The van der Waals surface area contributed by atoms with Crippen molar-refractivity contribution in [3.8, 4) is 0 Å². The van der Waals surface area contributed by atoms with Crippen molar-refractivity contribution in [2.75, 3.05) is 6.54 Å². The number of aryl methyl sites for hydroxylation is 1. The smallest absolute Gasteiger partial charge is 0.410 e. The number of pyridine rings is 1. The van der Waals surface area contributed by atoms with Crippen LogP contribution in [-0.4, -0.2) is 39.3 Å². The van der Waals surface area contributed by atoms with E-state index in [0.717, 1.165) is 0 Å². The molecule has 1 aromatic heterocycles. The number of carbonyl (C=O) groups is 1. The molecule has 1 aliphatic heterocycles. The zero-order valence-corrected chi connectivity index (χ0v) is 13.8. The number of hydrogen-bond acceptors (Lipinski definition) is 4. The van der Waals surface area contributed by atoms with Crippen LogP contribution >= 0.6 is 11.6 Å². The predicted octanol–water partition coefficient (Wildman–Crippen LogP) is 3.23. The molecule has 2 atom stereocenters. The average molecular weight is 331 g/mol. The first-order valence-electron chi connectivity index (χ1n) is 7.08. The second kappa shape index (κ2) is 6.01. The van der Waals surface area contributed by atoms with Gasteiger partial charge in [-0.1, -0.05) is 11.6 Å². The molecule has 1 N–H and O–H groups in total. The number of hydrogen-bond donors (Lipinski definition) is 1. The molecule has 1 aliphatic rings. The van der Waals surface area contributed by atoms with E-state index in [0.29, 0.717) is 5.56 Å². The van der Waals surface area contributed by atoms with Gasteiger partial charge in [-0.25, -0.2) is 9.18 Å². The normalized spacial score (nSPS) is 22.0. The van der Waals surface area contributed by atoms with Crippen molar-refractivity contribution >= 4 is 17.7 Å². The van der Waals surface area contributed by atoms with E-state index in [-0.39, 0.29) is 23.7 Å². The molecule has 0 radical (unpaired) electrons. The van der Waals surface area contributed by atoms with Crippen LogP contribution in [0.3, 0.4) is 0 Å². The molecule has 122 valence electrons. The number of aromatic nitrogens is 1. The molecular weight excluding hydrogens is 311 g/mol. The van der Waals surface area contributed by atoms with E-state index in [9.17, 15) is 14.3 Å². The maximum absolute atomic E-state index is 13.9. The van der Waals surface area contributed by atoms with Gasteiger partial charge in [0.2, 0.25) is 0 Å². The minimum absolute atomic E-state index is 0.0693. The Morgan fingerprint density at radius 2 is 2.18 bits per heavy atom. The van der Waals surface area contributed by atoms with Gasteiger partial charge in [-0.05, 0) is 34.1 Å². The fourth-order valence-electron chi connectivity index (χ4n) is 2.43. The molecule has 5 nitrogen and oxygen atoms in total. The highest BCUT2D eigenvalue weighted by atomic mass is 35.5. The van der Waals surface area contributed by atoms with Crippen molar-refractivity contribution in [1.29, 1.82) is 0 Å². The number of aliphatic hydroxyl groups is 1. The van der Waals surface area contributed by atoms with Gasteiger partial charge in [0.25, 0.3) is 0 Å².